The van der Waals surface area contributed by atoms with Gasteiger partial charge in [-0.3, -0.25) is 4.79 Å². The maximum atomic E-state index is 11.9. The molecule has 0 atom stereocenters. The average molecular weight is 325 g/mol. The number of fused-ring (bicyclic) bond motifs is 1. The molecule has 0 saturated carbocycles. The van der Waals surface area contributed by atoms with E-state index < -0.39 is 18.5 Å². The maximum Gasteiger partial charge on any atom is 0.341 e. The van der Waals surface area contributed by atoms with Crippen LogP contribution < -0.4 is 16.2 Å². The molecule has 22 heavy (non-hydrogen) atoms. The van der Waals surface area contributed by atoms with Crippen LogP contribution in [0.3, 0.4) is 0 Å². The van der Waals surface area contributed by atoms with E-state index in [1.165, 1.54) is 6.07 Å². The first-order chi connectivity index (χ1) is 10.3. The van der Waals surface area contributed by atoms with E-state index in [1.807, 2.05) is 0 Å². The predicted octanol–water partition coefficient (Wildman–Crippen LogP) is 0.709. The van der Waals surface area contributed by atoms with Crippen molar-refractivity contribution < 1.29 is 19.4 Å². The van der Waals surface area contributed by atoms with Gasteiger partial charge in [0.1, 0.15) is 11.4 Å². The zero-order valence-corrected chi connectivity index (χ0v) is 12.3. The topological polar surface area (TPSA) is 133 Å². The number of aromatic nitrogens is 1. The number of hydrogen-bond donors (Lipinski definition) is 3. The Bertz CT molecular complexity index is 793. The van der Waals surface area contributed by atoms with Crippen molar-refractivity contribution in [3.05, 3.63) is 28.9 Å². The zero-order chi connectivity index (χ0) is 16.4. The largest absolute Gasteiger partial charge is 0.482 e. The van der Waals surface area contributed by atoms with Gasteiger partial charge in [0.05, 0.1) is 10.5 Å². The van der Waals surface area contributed by atoms with Gasteiger partial charge in [0.25, 0.3) is 5.91 Å². The Morgan fingerprint density at radius 1 is 1.36 bits per heavy atom. The molecule has 0 aliphatic heterocycles. The molecule has 9 heteroatoms. The number of carboxylic acids is 1. The molecule has 1 amide bonds. The number of ether oxygens (including phenoxy) is 1. The number of carbonyl (C=O) groups is 2. The highest BCUT2D eigenvalue weighted by atomic mass is 35.5. The lowest BCUT2D eigenvalue weighted by Gasteiger charge is -2.06. The van der Waals surface area contributed by atoms with Gasteiger partial charge in [-0.15, -0.1) is 0 Å². The smallest absolute Gasteiger partial charge is 0.341 e. The molecule has 0 aliphatic carbocycles. The molecule has 0 spiro atoms. The highest BCUT2D eigenvalue weighted by molar-refractivity contribution is 6.35. The van der Waals surface area contributed by atoms with Crippen molar-refractivity contribution in [3.8, 4) is 5.75 Å². The lowest BCUT2D eigenvalue weighted by molar-refractivity contribution is -0.139. The zero-order valence-electron chi connectivity index (χ0n) is 11.5. The monoisotopic (exact) mass is 324 g/mol. The number of aryl methyl sites for hydroxylation is 1. The van der Waals surface area contributed by atoms with Gasteiger partial charge in [0.2, 0.25) is 0 Å². The van der Waals surface area contributed by atoms with Gasteiger partial charge < -0.3 is 25.9 Å². The number of nitrogens with zero attached hydrogens (tertiary/aromatic N) is 2. The van der Waals surface area contributed by atoms with E-state index in [4.69, 9.17) is 32.9 Å². The second-order valence-electron chi connectivity index (χ2n) is 4.45. The first-order valence-corrected chi connectivity index (χ1v) is 6.45. The van der Waals surface area contributed by atoms with E-state index in [0.717, 1.165) is 0 Å². The molecule has 0 unspecified atom stereocenters. The fourth-order valence-corrected chi connectivity index (χ4v) is 2.23. The molecule has 116 valence electrons. The Morgan fingerprint density at radius 3 is 2.64 bits per heavy atom. The molecule has 8 nitrogen and oxygen atoms in total. The van der Waals surface area contributed by atoms with E-state index in [2.05, 4.69) is 4.99 Å². The van der Waals surface area contributed by atoms with Gasteiger partial charge in [-0.25, -0.2) is 4.79 Å². The summed E-state index contributed by atoms with van der Waals surface area (Å²) in [6.07, 6.45) is 0. The van der Waals surface area contributed by atoms with Crippen molar-refractivity contribution in [3.63, 3.8) is 0 Å². The van der Waals surface area contributed by atoms with Crippen LogP contribution in [0.25, 0.3) is 10.9 Å². The Hall–Kier alpha value is -2.74. The Labute approximate surface area is 129 Å². The summed E-state index contributed by atoms with van der Waals surface area (Å²) in [6.45, 7) is -0.494. The van der Waals surface area contributed by atoms with Gasteiger partial charge in [0.15, 0.2) is 12.6 Å². The minimum Gasteiger partial charge on any atom is -0.482 e. The first kappa shape index (κ1) is 15.6. The minimum atomic E-state index is -1.10. The van der Waals surface area contributed by atoms with Gasteiger partial charge in [0, 0.05) is 18.5 Å². The molecule has 0 saturated heterocycles. The number of hydrogen-bond acceptors (Lipinski definition) is 3. The molecule has 0 radical (unpaired) electrons. The average Bonchev–Trinajstić information content (AvgIpc) is 2.74. The van der Waals surface area contributed by atoms with E-state index in [0.29, 0.717) is 15.9 Å². The van der Waals surface area contributed by atoms with Crippen LogP contribution in [0.2, 0.25) is 5.02 Å². The molecule has 2 aromatic rings. The fraction of sp³-hybridized carbons (Fsp3) is 0.154. The summed E-state index contributed by atoms with van der Waals surface area (Å²) < 4.78 is 6.64. The third-order valence-corrected chi connectivity index (χ3v) is 3.21. The molecule has 1 aromatic carbocycles. The third kappa shape index (κ3) is 3.12. The highest BCUT2D eigenvalue weighted by Gasteiger charge is 2.16. The predicted molar refractivity (Wildman–Crippen MR) is 81.2 cm³/mol. The van der Waals surface area contributed by atoms with Crippen LogP contribution in [-0.2, 0) is 11.8 Å². The number of aliphatic carboxylic acids is 1. The summed E-state index contributed by atoms with van der Waals surface area (Å²) in [5, 5.41) is 9.54. The summed E-state index contributed by atoms with van der Waals surface area (Å²) >= 11 is 6.14. The van der Waals surface area contributed by atoms with Crippen LogP contribution in [0, 0.1) is 0 Å². The molecular weight excluding hydrogens is 312 g/mol. The summed E-state index contributed by atoms with van der Waals surface area (Å²) in [5.41, 5.74) is 11.2. The van der Waals surface area contributed by atoms with E-state index >= 15 is 0 Å². The van der Waals surface area contributed by atoms with Crippen LogP contribution in [0.15, 0.2) is 23.2 Å². The number of amides is 1. The SMILES string of the molecule is Cn1c(C(=O)N=C(N)N)cc2c(Cl)cc(OCC(=O)O)cc21. The van der Waals surface area contributed by atoms with Crippen LogP contribution in [-0.4, -0.2) is 34.1 Å². The Balaban J connectivity index is 2.50. The normalized spacial score (nSPS) is 10.5. The van der Waals surface area contributed by atoms with E-state index in [-0.39, 0.29) is 17.4 Å². The Kier molecular flexibility index (Phi) is 4.22. The van der Waals surface area contributed by atoms with Crippen molar-refractivity contribution in [1.29, 1.82) is 0 Å². The molecule has 2 rings (SSSR count). The van der Waals surface area contributed by atoms with Crippen molar-refractivity contribution in [1.82, 2.24) is 4.57 Å². The van der Waals surface area contributed by atoms with Crippen LogP contribution >= 0.6 is 11.6 Å². The van der Waals surface area contributed by atoms with Gasteiger partial charge in [-0.1, -0.05) is 11.6 Å². The minimum absolute atomic E-state index is 0.237. The standard InChI is InChI=1S/C13H13ClN4O4/c1-18-9-3-6(22-5-11(19)20)2-8(14)7(9)4-10(18)12(21)17-13(15)16/h2-4H,5H2,1H3,(H,19,20)(H4,15,16,17,21). The van der Waals surface area contributed by atoms with Crippen molar-refractivity contribution in [2.75, 3.05) is 6.61 Å². The van der Waals surface area contributed by atoms with Crippen molar-refractivity contribution in [2.45, 2.75) is 0 Å². The van der Waals surface area contributed by atoms with E-state index in [1.54, 1.807) is 23.7 Å². The first-order valence-electron chi connectivity index (χ1n) is 6.07. The lowest BCUT2D eigenvalue weighted by Crippen LogP contribution is -2.24. The van der Waals surface area contributed by atoms with Crippen LogP contribution in [0.5, 0.6) is 5.75 Å². The lowest BCUT2D eigenvalue weighted by atomic mass is 10.2. The number of carboxylic acid groups (broad SMARTS) is 1. The number of rotatable bonds is 4. The number of aliphatic imine (C=N–C) groups is 1. The summed E-state index contributed by atoms with van der Waals surface area (Å²) in [4.78, 5) is 26.0. The fourth-order valence-electron chi connectivity index (χ4n) is 1.97. The summed E-state index contributed by atoms with van der Waals surface area (Å²) in [7, 11) is 1.63. The van der Waals surface area contributed by atoms with Crippen molar-refractivity contribution in [2.24, 2.45) is 23.5 Å². The Morgan fingerprint density at radius 2 is 2.05 bits per heavy atom. The summed E-state index contributed by atoms with van der Waals surface area (Å²) in [5.74, 6) is -1.77. The molecule has 0 bridgehead atoms. The van der Waals surface area contributed by atoms with Gasteiger partial charge in [-0.2, -0.15) is 4.99 Å². The quantitative estimate of drug-likeness (QED) is 0.560. The maximum absolute atomic E-state index is 11.9. The van der Waals surface area contributed by atoms with E-state index in [9.17, 15) is 9.59 Å². The second kappa shape index (κ2) is 5.94. The number of carbonyl (C=O) groups excluding carboxylic acids is 1. The van der Waals surface area contributed by atoms with Crippen LogP contribution in [0.1, 0.15) is 10.5 Å². The van der Waals surface area contributed by atoms with Gasteiger partial charge in [-0.05, 0) is 12.1 Å². The molecule has 0 aliphatic rings. The third-order valence-electron chi connectivity index (χ3n) is 2.90. The van der Waals surface area contributed by atoms with Crippen LogP contribution in [0.4, 0.5) is 0 Å². The molecule has 5 N–H and O–H groups in total. The molecule has 0 fully saturated rings. The summed E-state index contributed by atoms with van der Waals surface area (Å²) in [6, 6.07) is 4.60. The molecule has 1 aromatic heterocycles. The van der Waals surface area contributed by atoms with Gasteiger partial charge >= 0.3 is 5.97 Å². The number of guanidine groups is 1. The second-order valence-corrected chi connectivity index (χ2v) is 4.86. The van der Waals surface area contributed by atoms with Crippen molar-refractivity contribution >= 4 is 40.3 Å². The number of halogens is 1. The molecule has 1 heterocycles. The number of benzene rings is 1. The number of nitrogens with two attached hydrogens (primary N) is 2. The molecular formula is C13H13ClN4O4. The highest BCUT2D eigenvalue weighted by Crippen LogP contribution is 2.31.